The lowest BCUT2D eigenvalue weighted by Crippen LogP contribution is -2.35. The minimum absolute atomic E-state index is 0.120. The highest BCUT2D eigenvalue weighted by Crippen LogP contribution is 2.44. The van der Waals surface area contributed by atoms with Crippen LogP contribution in [-0.4, -0.2) is 16.0 Å². The van der Waals surface area contributed by atoms with Gasteiger partial charge in [0.05, 0.1) is 0 Å². The molecule has 0 aliphatic carbocycles. The van der Waals surface area contributed by atoms with Crippen LogP contribution in [0.2, 0.25) is 0 Å². The maximum atomic E-state index is 12.2. The van der Waals surface area contributed by atoms with Gasteiger partial charge in [0.15, 0.2) is 0 Å². The molecule has 0 unspecified atom stereocenters. The van der Waals surface area contributed by atoms with E-state index in [2.05, 4.69) is 0 Å². The molecule has 0 rings (SSSR count). The zero-order chi connectivity index (χ0) is 10.9. The molecular weight excluding hydrogens is 320 g/mol. The average Bonchev–Trinajstić information content (AvgIpc) is 1.79. The molecule has 0 amide bonds. The quantitative estimate of drug-likeness (QED) is 0.418. The molecule has 8 heteroatoms. The van der Waals surface area contributed by atoms with Crippen molar-refractivity contribution in [2.75, 3.05) is 0 Å². The second-order valence-corrected chi connectivity index (χ2v) is 3.67. The molecule has 0 heterocycles. The first-order valence-electron chi connectivity index (χ1n) is 2.97. The third kappa shape index (κ3) is 4.87. The molecule has 0 aliphatic rings. The summed E-state index contributed by atoms with van der Waals surface area (Å²) in [5.74, 6) is -4.62. The van der Waals surface area contributed by atoms with Crippen LogP contribution in [0.15, 0.2) is 0 Å². The van der Waals surface area contributed by atoms with Gasteiger partial charge in [-0.15, -0.1) is 0 Å². The molecule has 0 saturated heterocycles. The topological polar surface area (TPSA) is 0 Å². The van der Waals surface area contributed by atoms with Crippen molar-refractivity contribution in [1.29, 1.82) is 0 Å². The van der Waals surface area contributed by atoms with Gasteiger partial charge >= 0.3 is 16.0 Å². The maximum absolute atomic E-state index is 12.2. The van der Waals surface area contributed by atoms with Gasteiger partial charge in [0.2, 0.25) is 0 Å². The van der Waals surface area contributed by atoms with Crippen molar-refractivity contribution in [3.05, 3.63) is 0 Å². The third-order valence-electron chi connectivity index (χ3n) is 1.14. The molecule has 0 aromatic rings. The number of hydrogen-bond acceptors (Lipinski definition) is 0. The lowest BCUT2D eigenvalue weighted by molar-refractivity contribution is -0.182. The average molecular weight is 324 g/mol. The van der Waals surface area contributed by atoms with Crippen LogP contribution in [0.5, 0.6) is 0 Å². The SMILES string of the molecule is FC(F)(F)CCC(F)(F)C(F)(F)I. The van der Waals surface area contributed by atoms with Gasteiger partial charge in [0, 0.05) is 35.4 Å². The Morgan fingerprint density at radius 1 is 0.769 bits per heavy atom. The first-order valence-corrected chi connectivity index (χ1v) is 4.05. The van der Waals surface area contributed by atoms with Crippen LogP contribution < -0.4 is 0 Å². The monoisotopic (exact) mass is 324 g/mol. The number of alkyl halides is 8. The van der Waals surface area contributed by atoms with E-state index in [4.69, 9.17) is 0 Å². The fraction of sp³-hybridized carbons (Fsp3) is 1.00. The van der Waals surface area contributed by atoms with E-state index in [0.717, 1.165) is 0 Å². The van der Waals surface area contributed by atoms with Crippen LogP contribution >= 0.6 is 22.6 Å². The standard InChI is InChI=1S/C5H4F7I/c6-3(7,5(11,12)13)1-2-4(8,9)10/h1-2H2. The normalized spacial score (nSPS) is 14.8. The Bertz CT molecular complexity index is 167. The van der Waals surface area contributed by atoms with Crippen molar-refractivity contribution >= 4 is 22.6 Å². The number of halogens is 8. The van der Waals surface area contributed by atoms with Crippen LogP contribution in [0.1, 0.15) is 12.8 Å². The number of rotatable bonds is 3. The van der Waals surface area contributed by atoms with Crippen molar-refractivity contribution in [2.45, 2.75) is 28.9 Å². The highest BCUT2D eigenvalue weighted by molar-refractivity contribution is 14.1. The summed E-state index contributed by atoms with van der Waals surface area (Å²) in [5.41, 5.74) is 0. The fourth-order valence-corrected chi connectivity index (χ4v) is 0.710. The summed E-state index contributed by atoms with van der Waals surface area (Å²) in [4.78, 5) is 0. The minimum atomic E-state index is -4.84. The molecule has 0 saturated carbocycles. The molecule has 0 fully saturated rings. The van der Waals surface area contributed by atoms with E-state index < -0.39 is 28.9 Å². The predicted octanol–water partition coefficient (Wildman–Crippen LogP) is 3.99. The Kier molecular flexibility index (Phi) is 3.84. The molecule has 13 heavy (non-hydrogen) atoms. The Labute approximate surface area is 82.6 Å². The van der Waals surface area contributed by atoms with Gasteiger partial charge in [-0.25, -0.2) is 0 Å². The first kappa shape index (κ1) is 13.2. The van der Waals surface area contributed by atoms with E-state index in [1.807, 2.05) is 0 Å². The van der Waals surface area contributed by atoms with Crippen LogP contribution in [0.4, 0.5) is 30.7 Å². The highest BCUT2D eigenvalue weighted by atomic mass is 127. The minimum Gasteiger partial charge on any atom is -0.199 e. The molecule has 0 bridgehead atoms. The Hall–Kier alpha value is 0.240. The van der Waals surface area contributed by atoms with E-state index in [0.29, 0.717) is 0 Å². The van der Waals surface area contributed by atoms with Crippen molar-refractivity contribution in [3.8, 4) is 0 Å². The van der Waals surface area contributed by atoms with E-state index in [-0.39, 0.29) is 22.6 Å². The van der Waals surface area contributed by atoms with Gasteiger partial charge in [0.1, 0.15) is 0 Å². The molecule has 0 aromatic carbocycles. The lowest BCUT2D eigenvalue weighted by Gasteiger charge is -2.21. The van der Waals surface area contributed by atoms with Crippen molar-refractivity contribution in [3.63, 3.8) is 0 Å². The molecule has 0 aliphatic heterocycles. The third-order valence-corrected chi connectivity index (χ3v) is 1.93. The summed E-state index contributed by atoms with van der Waals surface area (Å²) in [6.07, 6.45) is -8.66. The molecule has 0 aromatic heterocycles. The maximum Gasteiger partial charge on any atom is 0.389 e. The summed E-state index contributed by atoms with van der Waals surface area (Å²) in [5, 5.41) is 0. The molecule has 80 valence electrons. The van der Waals surface area contributed by atoms with Gasteiger partial charge in [0.25, 0.3) is 0 Å². The largest absolute Gasteiger partial charge is 0.389 e. The van der Waals surface area contributed by atoms with Crippen LogP contribution in [-0.2, 0) is 0 Å². The summed E-state index contributed by atoms with van der Waals surface area (Å²) >= 11 is 0.120. The van der Waals surface area contributed by atoms with Crippen LogP contribution in [0.25, 0.3) is 0 Å². The zero-order valence-electron chi connectivity index (χ0n) is 5.94. The second kappa shape index (κ2) is 3.77. The van der Waals surface area contributed by atoms with Crippen molar-refractivity contribution < 1.29 is 30.7 Å². The van der Waals surface area contributed by atoms with Gasteiger partial charge in [-0.05, 0) is 0 Å². The molecule has 0 atom stereocenters. The molecular formula is C5H4F7I. The van der Waals surface area contributed by atoms with E-state index >= 15 is 0 Å². The summed E-state index contributed by atoms with van der Waals surface area (Å²) in [6, 6.07) is 0. The predicted molar refractivity (Wildman–Crippen MR) is 39.2 cm³/mol. The molecule has 0 nitrogen and oxygen atoms in total. The molecule has 0 radical (unpaired) electrons. The van der Waals surface area contributed by atoms with Crippen LogP contribution in [0.3, 0.4) is 0 Å². The van der Waals surface area contributed by atoms with Gasteiger partial charge in [-0.2, -0.15) is 30.7 Å². The van der Waals surface area contributed by atoms with Gasteiger partial charge in [-0.1, -0.05) is 0 Å². The molecule has 0 spiro atoms. The Morgan fingerprint density at radius 2 is 1.15 bits per heavy atom. The van der Waals surface area contributed by atoms with E-state index in [9.17, 15) is 30.7 Å². The Balaban J connectivity index is 4.21. The summed E-state index contributed by atoms with van der Waals surface area (Å²) < 4.78 is 78.0. The van der Waals surface area contributed by atoms with Crippen LogP contribution in [0, 0.1) is 0 Å². The van der Waals surface area contributed by atoms with Crippen molar-refractivity contribution in [2.24, 2.45) is 0 Å². The van der Waals surface area contributed by atoms with E-state index in [1.165, 1.54) is 0 Å². The number of hydrogen-bond donors (Lipinski definition) is 0. The summed E-state index contributed by atoms with van der Waals surface area (Å²) in [6.45, 7) is 0. The first-order chi connectivity index (χ1) is 5.46. The zero-order valence-corrected chi connectivity index (χ0v) is 8.10. The van der Waals surface area contributed by atoms with E-state index in [1.54, 1.807) is 0 Å². The van der Waals surface area contributed by atoms with Gasteiger partial charge in [-0.3, -0.25) is 0 Å². The lowest BCUT2D eigenvalue weighted by atomic mass is 10.2. The fourth-order valence-electron chi connectivity index (χ4n) is 0.440. The summed E-state index contributed by atoms with van der Waals surface area (Å²) in [7, 11) is 0. The highest BCUT2D eigenvalue weighted by Gasteiger charge is 2.54. The Morgan fingerprint density at radius 3 is 1.38 bits per heavy atom. The second-order valence-electron chi connectivity index (χ2n) is 2.32. The smallest absolute Gasteiger partial charge is 0.199 e. The molecule has 0 N–H and O–H groups in total. The van der Waals surface area contributed by atoms with Crippen molar-refractivity contribution in [1.82, 2.24) is 0 Å². The van der Waals surface area contributed by atoms with Gasteiger partial charge < -0.3 is 0 Å².